The van der Waals surface area contributed by atoms with Gasteiger partial charge in [-0.1, -0.05) is 30.3 Å². The van der Waals surface area contributed by atoms with Crippen molar-refractivity contribution < 1.29 is 4.79 Å². The van der Waals surface area contributed by atoms with Crippen molar-refractivity contribution in [1.82, 2.24) is 4.90 Å². The number of ketones is 1. The van der Waals surface area contributed by atoms with Crippen LogP contribution in [0.2, 0.25) is 0 Å². The molecule has 0 bridgehead atoms. The minimum absolute atomic E-state index is 0.479. The van der Waals surface area contributed by atoms with Crippen molar-refractivity contribution in [3.8, 4) is 0 Å². The fourth-order valence-electron chi connectivity index (χ4n) is 3.31. The Morgan fingerprint density at radius 3 is 2.71 bits per heavy atom. The Labute approximate surface area is 103 Å². The summed E-state index contributed by atoms with van der Waals surface area (Å²) in [6.45, 7) is 3.35. The third-order valence-corrected chi connectivity index (χ3v) is 4.18. The molecule has 2 fully saturated rings. The van der Waals surface area contributed by atoms with Crippen molar-refractivity contribution in [3.05, 3.63) is 35.9 Å². The molecule has 0 aromatic heterocycles. The summed E-state index contributed by atoms with van der Waals surface area (Å²) in [6.07, 6.45) is 2.77. The summed E-state index contributed by atoms with van der Waals surface area (Å²) in [4.78, 5) is 14.0. The van der Waals surface area contributed by atoms with Gasteiger partial charge < -0.3 is 0 Å². The highest BCUT2D eigenvalue weighted by molar-refractivity contribution is 5.79. The lowest BCUT2D eigenvalue weighted by Gasteiger charge is -2.22. The number of benzene rings is 1. The first-order chi connectivity index (χ1) is 8.31. The molecule has 90 valence electrons. The largest absolute Gasteiger partial charge is 0.300 e. The van der Waals surface area contributed by atoms with Gasteiger partial charge in [0.2, 0.25) is 0 Å². The highest BCUT2D eigenvalue weighted by Crippen LogP contribution is 2.35. The van der Waals surface area contributed by atoms with Crippen molar-refractivity contribution in [3.63, 3.8) is 0 Å². The van der Waals surface area contributed by atoms with Gasteiger partial charge in [-0.3, -0.25) is 9.69 Å². The summed E-state index contributed by atoms with van der Waals surface area (Å²) >= 11 is 0. The minimum atomic E-state index is 0.479. The van der Waals surface area contributed by atoms with Crippen molar-refractivity contribution in [2.24, 2.45) is 11.8 Å². The summed E-state index contributed by atoms with van der Waals surface area (Å²) < 4.78 is 0. The quantitative estimate of drug-likeness (QED) is 0.776. The van der Waals surface area contributed by atoms with Crippen LogP contribution in [0.1, 0.15) is 24.8 Å². The van der Waals surface area contributed by atoms with Crippen molar-refractivity contribution >= 4 is 5.78 Å². The SMILES string of the molecule is O=C1CCC2CN(Cc3ccccc3)CC2C1. The van der Waals surface area contributed by atoms with Crippen LogP contribution in [0.3, 0.4) is 0 Å². The molecule has 1 saturated carbocycles. The van der Waals surface area contributed by atoms with Crippen molar-refractivity contribution in [2.75, 3.05) is 13.1 Å². The van der Waals surface area contributed by atoms with Crippen LogP contribution >= 0.6 is 0 Å². The first-order valence-corrected chi connectivity index (χ1v) is 6.59. The Kier molecular flexibility index (Phi) is 2.98. The molecule has 3 rings (SSSR count). The van der Waals surface area contributed by atoms with E-state index in [0.29, 0.717) is 11.7 Å². The van der Waals surface area contributed by atoms with E-state index in [1.165, 1.54) is 12.1 Å². The Hall–Kier alpha value is -1.15. The lowest BCUT2D eigenvalue weighted by molar-refractivity contribution is -0.122. The fourth-order valence-corrected chi connectivity index (χ4v) is 3.31. The van der Waals surface area contributed by atoms with Gasteiger partial charge in [-0.2, -0.15) is 0 Å². The fraction of sp³-hybridized carbons (Fsp3) is 0.533. The van der Waals surface area contributed by atoms with Crippen LogP contribution in [0.15, 0.2) is 30.3 Å². The van der Waals surface area contributed by atoms with Gasteiger partial charge >= 0.3 is 0 Å². The van der Waals surface area contributed by atoms with Gasteiger partial charge in [0.05, 0.1) is 0 Å². The van der Waals surface area contributed by atoms with Gasteiger partial charge in [0, 0.05) is 32.5 Å². The van der Waals surface area contributed by atoms with Gasteiger partial charge in [-0.15, -0.1) is 0 Å². The molecule has 2 unspecified atom stereocenters. The van der Waals surface area contributed by atoms with E-state index in [9.17, 15) is 4.79 Å². The third kappa shape index (κ3) is 2.42. The number of hydrogen-bond donors (Lipinski definition) is 0. The summed E-state index contributed by atoms with van der Waals surface area (Å²) in [6, 6.07) is 10.6. The number of rotatable bonds is 2. The standard InChI is InChI=1S/C15H19NO/c17-15-7-6-13-10-16(11-14(13)8-15)9-12-4-2-1-3-5-12/h1-5,13-14H,6-11H2. The Balaban J connectivity index is 1.62. The third-order valence-electron chi connectivity index (χ3n) is 4.18. The maximum atomic E-state index is 11.5. The molecule has 1 aromatic carbocycles. The summed E-state index contributed by atoms with van der Waals surface area (Å²) in [5.41, 5.74) is 1.39. The number of carbonyl (C=O) groups is 1. The molecule has 1 saturated heterocycles. The van der Waals surface area contributed by atoms with E-state index in [2.05, 4.69) is 35.2 Å². The second kappa shape index (κ2) is 4.61. The molecular weight excluding hydrogens is 210 g/mol. The molecule has 2 aliphatic rings. The van der Waals surface area contributed by atoms with Gasteiger partial charge in [-0.05, 0) is 23.8 Å². The molecule has 0 radical (unpaired) electrons. The van der Waals surface area contributed by atoms with Gasteiger partial charge in [0.15, 0.2) is 0 Å². The molecule has 2 nitrogen and oxygen atoms in total. The molecule has 2 heteroatoms. The molecule has 0 N–H and O–H groups in total. The molecule has 1 aliphatic heterocycles. The Morgan fingerprint density at radius 1 is 1.12 bits per heavy atom. The maximum Gasteiger partial charge on any atom is 0.133 e. The molecule has 2 atom stereocenters. The highest BCUT2D eigenvalue weighted by Gasteiger charge is 2.36. The molecule has 17 heavy (non-hydrogen) atoms. The topological polar surface area (TPSA) is 20.3 Å². The summed E-state index contributed by atoms with van der Waals surface area (Å²) in [5.74, 6) is 1.89. The minimum Gasteiger partial charge on any atom is -0.300 e. The average Bonchev–Trinajstić information content (AvgIpc) is 2.71. The maximum absolute atomic E-state index is 11.5. The average molecular weight is 229 g/mol. The predicted octanol–water partition coefficient (Wildman–Crippen LogP) is 2.49. The van der Waals surface area contributed by atoms with E-state index in [-0.39, 0.29) is 0 Å². The van der Waals surface area contributed by atoms with E-state index in [4.69, 9.17) is 0 Å². The molecule has 0 spiro atoms. The molecule has 1 heterocycles. The first kappa shape index (κ1) is 11.0. The van der Waals surface area contributed by atoms with Crippen LogP contribution in [-0.2, 0) is 11.3 Å². The zero-order chi connectivity index (χ0) is 11.7. The first-order valence-electron chi connectivity index (χ1n) is 6.59. The Bertz CT molecular complexity index is 401. The Morgan fingerprint density at radius 2 is 1.88 bits per heavy atom. The molecule has 0 amide bonds. The van der Waals surface area contributed by atoms with E-state index < -0.39 is 0 Å². The zero-order valence-corrected chi connectivity index (χ0v) is 10.1. The van der Waals surface area contributed by atoms with Crippen LogP contribution < -0.4 is 0 Å². The molecule has 1 aromatic rings. The monoisotopic (exact) mass is 229 g/mol. The van der Waals surface area contributed by atoms with Crippen LogP contribution in [-0.4, -0.2) is 23.8 Å². The second-order valence-electron chi connectivity index (χ2n) is 5.48. The predicted molar refractivity (Wildman–Crippen MR) is 67.6 cm³/mol. The molecule has 1 aliphatic carbocycles. The summed E-state index contributed by atoms with van der Waals surface area (Å²) in [5, 5.41) is 0. The van der Waals surface area contributed by atoms with Crippen LogP contribution in [0.5, 0.6) is 0 Å². The number of Topliss-reactive ketones (excluding diaryl/α,β-unsaturated/α-hetero) is 1. The second-order valence-corrected chi connectivity index (χ2v) is 5.48. The van der Waals surface area contributed by atoms with Gasteiger partial charge in [0.1, 0.15) is 5.78 Å². The van der Waals surface area contributed by atoms with Crippen LogP contribution in [0, 0.1) is 11.8 Å². The smallest absolute Gasteiger partial charge is 0.133 e. The van der Waals surface area contributed by atoms with Crippen molar-refractivity contribution in [2.45, 2.75) is 25.8 Å². The van der Waals surface area contributed by atoms with E-state index >= 15 is 0 Å². The highest BCUT2D eigenvalue weighted by atomic mass is 16.1. The summed E-state index contributed by atoms with van der Waals surface area (Å²) in [7, 11) is 0. The van der Waals surface area contributed by atoms with Gasteiger partial charge in [-0.25, -0.2) is 0 Å². The zero-order valence-electron chi connectivity index (χ0n) is 10.1. The van der Waals surface area contributed by atoms with Crippen molar-refractivity contribution in [1.29, 1.82) is 0 Å². The number of nitrogens with zero attached hydrogens (tertiary/aromatic N) is 1. The lowest BCUT2D eigenvalue weighted by Crippen LogP contribution is -2.23. The van der Waals surface area contributed by atoms with Crippen LogP contribution in [0.25, 0.3) is 0 Å². The normalized spacial score (nSPS) is 29.3. The van der Waals surface area contributed by atoms with Gasteiger partial charge in [0.25, 0.3) is 0 Å². The van der Waals surface area contributed by atoms with E-state index in [1.807, 2.05) is 0 Å². The molecular formula is C15H19NO. The van der Waals surface area contributed by atoms with E-state index in [0.717, 1.165) is 38.3 Å². The number of likely N-dealkylation sites (tertiary alicyclic amines) is 1. The number of carbonyl (C=O) groups excluding carboxylic acids is 1. The lowest BCUT2D eigenvalue weighted by atomic mass is 9.81. The van der Waals surface area contributed by atoms with E-state index in [1.54, 1.807) is 0 Å². The van der Waals surface area contributed by atoms with Crippen LogP contribution in [0.4, 0.5) is 0 Å². The number of fused-ring (bicyclic) bond motifs is 1. The number of hydrogen-bond acceptors (Lipinski definition) is 2.